The van der Waals surface area contributed by atoms with Gasteiger partial charge in [0.05, 0.1) is 47.5 Å². The van der Waals surface area contributed by atoms with E-state index in [2.05, 4.69) is 170 Å². The first-order valence-electron chi connectivity index (χ1n) is 17.2. The Kier molecular flexibility index (Phi) is 36.4. The molecule has 1 aliphatic heterocycles. The highest BCUT2D eigenvalue weighted by Crippen LogP contribution is 3.18. The van der Waals surface area contributed by atoms with Crippen LogP contribution in [0.1, 0.15) is 53.9 Å². The van der Waals surface area contributed by atoms with Gasteiger partial charge in [-0.2, -0.15) is 0 Å². The lowest BCUT2D eigenvalue weighted by Crippen LogP contribution is -2.58. The van der Waals surface area contributed by atoms with Gasteiger partial charge in [0.25, 0.3) is 0 Å². The number of carbonyl (C=O) groups excluding carboxylic acids is 1. The van der Waals surface area contributed by atoms with Crippen LogP contribution < -0.4 is 0 Å². The molecule has 0 spiro atoms. The number of aliphatic hydroxyl groups is 1. The molecular weight excluding hydrogens is 1310 g/mol. The first-order chi connectivity index (χ1) is 27.2. The van der Waals surface area contributed by atoms with Gasteiger partial charge in [-0.15, -0.1) is 134 Å². The molecule has 1 aliphatic carbocycles. The molecule has 37 heteroatoms. The Morgan fingerprint density at radius 3 is 1.88 bits per heavy atom. The van der Waals surface area contributed by atoms with Crippen LogP contribution in [0, 0.1) is 17.3 Å². The number of cyclic esters (lactones) is 2. The normalized spacial score (nSPS) is 26.5. The van der Waals surface area contributed by atoms with Crippen molar-refractivity contribution < 1.29 is 32.9 Å². The summed E-state index contributed by atoms with van der Waals surface area (Å²) in [5.41, 5.74) is 0.262. The number of aliphatic hydroxyl groups excluding tert-OH is 1. The molecule has 1 fully saturated rings. The maximum atomic E-state index is 13.8. The molecule has 7 nitrogen and oxygen atoms in total. The lowest BCUT2D eigenvalue weighted by molar-refractivity contribution is -0.0982. The molecule has 2 aliphatic rings. The number of ether oxygens (including phenoxy) is 2. The standard InChI is InChI=1S/C22H66O7P30/c1-12-11-21(5,6)16(10-17(12)29-49(57(45)53(37)38)59(55(41)42)56(43)44)19-22(27-20(24)26-19,13(2)8-7-9-25-47(50(31)32)51(33)34)14(3)18(23)15(4)28-48(52(35)36)58(46-30)54(39)40/h11,14-19,23,46H,2,7-10,30-45H2,1,3-6H3/t14-,15-,16?,17+,18-,19-,22?,48?,49?,57?,58?/m1/s1. The lowest BCUT2D eigenvalue weighted by Gasteiger charge is -2.50. The van der Waals surface area contributed by atoms with Crippen LogP contribution in [0.2, 0.25) is 0 Å². The van der Waals surface area contributed by atoms with Gasteiger partial charge in [-0.3, -0.25) is 0 Å². The van der Waals surface area contributed by atoms with Crippen molar-refractivity contribution in [1.82, 2.24) is 0 Å². The summed E-state index contributed by atoms with van der Waals surface area (Å²) in [5, 5.41) is 12.5. The van der Waals surface area contributed by atoms with Crippen molar-refractivity contribution in [2.75, 3.05) is 6.61 Å². The van der Waals surface area contributed by atoms with Crippen molar-refractivity contribution in [1.29, 1.82) is 0 Å². The van der Waals surface area contributed by atoms with Crippen LogP contribution in [0.25, 0.3) is 0 Å². The zero-order chi connectivity index (χ0) is 45.5. The van der Waals surface area contributed by atoms with Gasteiger partial charge in [-0.1, -0.05) is 50.3 Å². The fourth-order valence-corrected chi connectivity index (χ4v) is 202. The molecule has 0 aromatic carbocycles. The van der Waals surface area contributed by atoms with Crippen molar-refractivity contribution in [3.05, 3.63) is 23.8 Å². The number of allylic oxidation sites excluding steroid dienone is 1. The molecule has 0 bridgehead atoms. The minimum absolute atomic E-state index is 0.148. The van der Waals surface area contributed by atoms with Gasteiger partial charge in [0, 0.05) is 32.8 Å². The Bertz CT molecular complexity index is 1350. The molecule has 1 N–H and O–H groups in total. The number of hydrogen-bond acceptors (Lipinski definition) is 7. The zero-order valence-electron chi connectivity index (χ0n) is 33.5. The molecule has 0 aromatic rings. The van der Waals surface area contributed by atoms with Crippen LogP contribution in [-0.2, 0) is 23.0 Å². The third-order valence-corrected chi connectivity index (χ3v) is 150. The van der Waals surface area contributed by atoms with E-state index < -0.39 is 86.5 Å². The smallest absolute Gasteiger partial charge is 0.426 e. The van der Waals surface area contributed by atoms with Gasteiger partial charge in [-0.05, 0) is 98.6 Å². The van der Waals surface area contributed by atoms with Crippen LogP contribution in [0.5, 0.6) is 0 Å². The van der Waals surface area contributed by atoms with Crippen LogP contribution >= 0.6 is 243 Å². The van der Waals surface area contributed by atoms with E-state index in [1.54, 1.807) is 0 Å². The zero-order valence-corrected chi connectivity index (χ0v) is 64.6. The van der Waals surface area contributed by atoms with E-state index in [1.165, 1.54) is 5.57 Å². The SMILES string of the molecule is C=C(CCCOP(P(P)P)P(P)P)C1([C@H](C)[C@@H](O)[C@@H](C)OP(P(P)P)P(PP)P(P)P)OC(=O)O[C@@H]1C1C[C@H](OP(P(P)P(P)P)P(P(P)P)P(P)P)C(C)=CC1(C)C. The summed E-state index contributed by atoms with van der Waals surface area (Å²) in [5.74, 6) is -0.777. The van der Waals surface area contributed by atoms with Crippen molar-refractivity contribution >= 4 is 249 Å². The van der Waals surface area contributed by atoms with E-state index in [4.69, 9.17) is 29.6 Å². The second-order valence-corrected chi connectivity index (χ2v) is 121. The first-order valence-corrected chi connectivity index (χ1v) is 69.3. The first kappa shape index (κ1) is 66.6. The van der Waals surface area contributed by atoms with E-state index in [-0.39, 0.29) is 59.4 Å². The maximum absolute atomic E-state index is 13.8. The molecule has 2 rings (SSSR count). The fraction of sp³-hybridized carbons (Fsp3) is 0.773. The van der Waals surface area contributed by atoms with Crippen LogP contribution in [-0.4, -0.2) is 47.9 Å². The molecule has 0 saturated carbocycles. The van der Waals surface area contributed by atoms with Crippen LogP contribution in [0.4, 0.5) is 4.79 Å². The molecule has 1 heterocycles. The Hall–Kier alpha value is 11.5. The highest BCUT2D eigenvalue weighted by Gasteiger charge is 2.63. The number of rotatable bonds is 25. The van der Waals surface area contributed by atoms with Crippen molar-refractivity contribution in [2.24, 2.45) is 17.3 Å². The van der Waals surface area contributed by atoms with Crippen LogP contribution in [0.15, 0.2) is 23.8 Å². The summed E-state index contributed by atoms with van der Waals surface area (Å²) < 4.78 is 33.9. The Balaban J connectivity index is 2.71. The Morgan fingerprint density at radius 2 is 1.42 bits per heavy atom. The summed E-state index contributed by atoms with van der Waals surface area (Å²) in [6.07, 6.45) is 1.19. The van der Waals surface area contributed by atoms with Crippen molar-refractivity contribution in [2.45, 2.75) is 83.9 Å². The van der Waals surface area contributed by atoms with Crippen molar-refractivity contribution in [3.63, 3.8) is 0 Å². The highest BCUT2D eigenvalue weighted by atomic mass is 33.2. The Labute approximate surface area is 410 Å². The number of hydrogen-bond donors (Lipinski definition) is 1. The third kappa shape index (κ3) is 19.8. The molecule has 28 atom stereocenters. The minimum atomic E-state index is -1.32. The number of carbonyl (C=O) groups is 1. The van der Waals surface area contributed by atoms with Gasteiger partial charge in [-0.25, -0.2) is 4.79 Å². The second kappa shape index (κ2) is 32.3. The van der Waals surface area contributed by atoms with E-state index in [1.807, 2.05) is 13.8 Å². The molecule has 0 aromatic heterocycles. The van der Waals surface area contributed by atoms with Crippen molar-refractivity contribution in [3.8, 4) is 0 Å². The van der Waals surface area contributed by atoms with Gasteiger partial charge < -0.3 is 28.2 Å². The predicted octanol–water partition coefficient (Wildman–Crippen LogP) is 20.8. The summed E-state index contributed by atoms with van der Waals surface area (Å²) in [6, 6.07) is 0. The van der Waals surface area contributed by atoms with Gasteiger partial charge >= 0.3 is 6.16 Å². The second-order valence-electron chi connectivity index (χ2n) is 13.9. The average Bonchev–Trinajstić information content (AvgIpc) is 3.46. The quantitative estimate of drug-likeness (QED) is 0.0422. The van der Waals surface area contributed by atoms with Gasteiger partial charge in [0.1, 0.15) is 0 Å². The predicted molar refractivity (Wildman–Crippen MR) is 358 cm³/mol. The molecule has 0 radical (unpaired) electrons. The lowest BCUT2D eigenvalue weighted by atomic mass is 9.60. The highest BCUT2D eigenvalue weighted by molar-refractivity contribution is 9.19. The molecule has 59 heavy (non-hydrogen) atoms. The monoisotopic (exact) mass is 1370 g/mol. The molecule has 346 valence electrons. The maximum Gasteiger partial charge on any atom is 0.509 e. The van der Waals surface area contributed by atoms with Gasteiger partial charge in [0.15, 0.2) is 11.7 Å². The summed E-state index contributed by atoms with van der Waals surface area (Å²) in [6.45, 7) is 11.9. The average molecular weight is 1370 g/mol. The van der Waals surface area contributed by atoms with E-state index in [9.17, 15) is 9.90 Å². The Morgan fingerprint density at radius 1 is 0.881 bits per heavy atom. The topological polar surface area (TPSA) is 83.5 Å². The minimum Gasteiger partial charge on any atom is -0.426 e. The molecule has 1 saturated heterocycles. The van der Waals surface area contributed by atoms with E-state index in [0.29, 0.717) is 33.8 Å². The largest absolute Gasteiger partial charge is 0.509 e. The molecular formula is C22H66O7P30. The summed E-state index contributed by atoms with van der Waals surface area (Å²) in [7, 11) is 46.9. The molecule has 0 amide bonds. The molecule has 23 unspecified atom stereocenters. The van der Waals surface area contributed by atoms with Gasteiger partial charge in [0.2, 0.25) is 0 Å². The van der Waals surface area contributed by atoms with E-state index in [0.717, 1.165) is 5.57 Å². The van der Waals surface area contributed by atoms with E-state index >= 15 is 0 Å². The summed E-state index contributed by atoms with van der Waals surface area (Å²) in [4.78, 5) is 13.8. The third-order valence-electron chi connectivity index (χ3n) is 9.40. The van der Waals surface area contributed by atoms with Crippen LogP contribution in [0.3, 0.4) is 0 Å². The fourth-order valence-electron chi connectivity index (χ4n) is 6.71. The summed E-state index contributed by atoms with van der Waals surface area (Å²) >= 11 is 0.